The molecule has 1 aromatic carbocycles. The molecule has 0 radical (unpaired) electrons. The summed E-state index contributed by atoms with van der Waals surface area (Å²) in [7, 11) is 3.39. The molecule has 134 valence electrons. The lowest BCUT2D eigenvalue weighted by Crippen LogP contribution is -2.14. The molecular formula is C17H16ClN5O2S. The van der Waals surface area contributed by atoms with Gasteiger partial charge in [-0.05, 0) is 30.3 Å². The van der Waals surface area contributed by atoms with Crippen molar-refractivity contribution >= 4 is 35.0 Å². The van der Waals surface area contributed by atoms with E-state index in [1.807, 2.05) is 23.7 Å². The minimum atomic E-state index is -0.165. The number of amides is 1. The molecule has 0 bridgehead atoms. The topological polar surface area (TPSA) is 81.9 Å². The molecule has 0 spiro atoms. The van der Waals surface area contributed by atoms with Crippen molar-refractivity contribution in [3.8, 4) is 17.1 Å². The standard InChI is InChI=1S/C17H16ClN5O2S/c1-23-16(11-4-3-7-19-9-11)21-22-17(23)26-10-15(24)20-12-5-6-14(25-2)13(18)8-12/h3-9H,10H2,1-2H3,(H,20,24). The summed E-state index contributed by atoms with van der Waals surface area (Å²) in [5, 5.41) is 12.2. The van der Waals surface area contributed by atoms with E-state index >= 15 is 0 Å². The van der Waals surface area contributed by atoms with Gasteiger partial charge in [-0.15, -0.1) is 10.2 Å². The van der Waals surface area contributed by atoms with Crippen molar-refractivity contribution in [1.29, 1.82) is 0 Å². The molecule has 0 fully saturated rings. The van der Waals surface area contributed by atoms with Crippen LogP contribution in [0.3, 0.4) is 0 Å². The number of pyridine rings is 1. The maximum Gasteiger partial charge on any atom is 0.234 e. The largest absolute Gasteiger partial charge is 0.495 e. The Kier molecular flexibility index (Phi) is 5.75. The van der Waals surface area contributed by atoms with Crippen LogP contribution >= 0.6 is 23.4 Å². The van der Waals surface area contributed by atoms with Crippen LogP contribution in [0.4, 0.5) is 5.69 Å². The first-order valence-corrected chi connectivity index (χ1v) is 9.01. The number of rotatable bonds is 6. The van der Waals surface area contributed by atoms with Crippen LogP contribution in [-0.4, -0.2) is 38.5 Å². The number of carbonyl (C=O) groups is 1. The van der Waals surface area contributed by atoms with Crippen molar-refractivity contribution in [2.75, 3.05) is 18.2 Å². The highest BCUT2D eigenvalue weighted by molar-refractivity contribution is 7.99. The number of anilines is 1. The number of aromatic nitrogens is 4. The summed E-state index contributed by atoms with van der Waals surface area (Å²) >= 11 is 7.36. The summed E-state index contributed by atoms with van der Waals surface area (Å²) in [5.74, 6) is 1.29. The number of nitrogens with one attached hydrogen (secondary N) is 1. The van der Waals surface area contributed by atoms with E-state index in [1.165, 1.54) is 18.9 Å². The molecule has 7 nitrogen and oxygen atoms in total. The summed E-state index contributed by atoms with van der Waals surface area (Å²) in [6, 6.07) is 8.83. The van der Waals surface area contributed by atoms with Gasteiger partial charge in [-0.1, -0.05) is 23.4 Å². The Balaban J connectivity index is 1.62. The Bertz CT molecular complexity index is 917. The number of halogens is 1. The zero-order valence-electron chi connectivity index (χ0n) is 14.1. The van der Waals surface area contributed by atoms with Crippen LogP contribution in [-0.2, 0) is 11.8 Å². The van der Waals surface area contributed by atoms with Crippen molar-refractivity contribution in [3.05, 3.63) is 47.7 Å². The van der Waals surface area contributed by atoms with Crippen LogP contribution in [0.15, 0.2) is 47.9 Å². The van der Waals surface area contributed by atoms with Gasteiger partial charge in [-0.2, -0.15) is 0 Å². The van der Waals surface area contributed by atoms with E-state index < -0.39 is 0 Å². The predicted octanol–water partition coefficient (Wildman–Crippen LogP) is 3.27. The van der Waals surface area contributed by atoms with Gasteiger partial charge in [-0.25, -0.2) is 0 Å². The molecule has 3 rings (SSSR count). The number of ether oxygens (including phenoxy) is 1. The zero-order valence-corrected chi connectivity index (χ0v) is 15.7. The quantitative estimate of drug-likeness (QED) is 0.651. The molecular weight excluding hydrogens is 374 g/mol. The van der Waals surface area contributed by atoms with E-state index in [9.17, 15) is 4.79 Å². The van der Waals surface area contributed by atoms with Gasteiger partial charge in [0, 0.05) is 30.7 Å². The average molecular weight is 390 g/mol. The highest BCUT2D eigenvalue weighted by Gasteiger charge is 2.13. The van der Waals surface area contributed by atoms with Gasteiger partial charge in [0.2, 0.25) is 5.91 Å². The lowest BCUT2D eigenvalue weighted by Gasteiger charge is -2.08. The fourth-order valence-corrected chi connectivity index (χ4v) is 3.23. The molecule has 0 saturated carbocycles. The summed E-state index contributed by atoms with van der Waals surface area (Å²) in [6.07, 6.45) is 3.42. The van der Waals surface area contributed by atoms with Crippen LogP contribution in [0, 0.1) is 0 Å². The van der Waals surface area contributed by atoms with Crippen LogP contribution in [0.1, 0.15) is 0 Å². The summed E-state index contributed by atoms with van der Waals surface area (Å²) in [6.45, 7) is 0. The predicted molar refractivity (Wildman–Crippen MR) is 102 cm³/mol. The molecule has 2 heterocycles. The van der Waals surface area contributed by atoms with E-state index in [0.29, 0.717) is 27.4 Å². The Hall–Kier alpha value is -2.58. The van der Waals surface area contributed by atoms with Gasteiger partial charge < -0.3 is 14.6 Å². The van der Waals surface area contributed by atoms with Crippen LogP contribution in [0.5, 0.6) is 5.75 Å². The molecule has 9 heteroatoms. The normalized spacial score (nSPS) is 10.6. The third kappa shape index (κ3) is 4.14. The average Bonchev–Trinajstić information content (AvgIpc) is 3.01. The lowest BCUT2D eigenvalue weighted by molar-refractivity contribution is -0.113. The first kappa shape index (κ1) is 18.2. The fraction of sp³-hybridized carbons (Fsp3) is 0.176. The molecule has 0 saturated heterocycles. The van der Waals surface area contributed by atoms with Crippen LogP contribution in [0.25, 0.3) is 11.4 Å². The van der Waals surface area contributed by atoms with Crippen LogP contribution < -0.4 is 10.1 Å². The second kappa shape index (κ2) is 8.20. The Morgan fingerprint density at radius 3 is 2.88 bits per heavy atom. The number of thioether (sulfide) groups is 1. The zero-order chi connectivity index (χ0) is 18.5. The van der Waals surface area contributed by atoms with Gasteiger partial charge in [0.1, 0.15) is 5.75 Å². The van der Waals surface area contributed by atoms with E-state index in [2.05, 4.69) is 20.5 Å². The maximum atomic E-state index is 12.2. The van der Waals surface area contributed by atoms with E-state index in [0.717, 1.165) is 5.56 Å². The van der Waals surface area contributed by atoms with Crippen molar-refractivity contribution in [1.82, 2.24) is 19.7 Å². The molecule has 0 atom stereocenters. The van der Waals surface area contributed by atoms with E-state index in [-0.39, 0.29) is 11.7 Å². The van der Waals surface area contributed by atoms with Gasteiger partial charge >= 0.3 is 0 Å². The number of nitrogens with zero attached hydrogens (tertiary/aromatic N) is 4. The van der Waals surface area contributed by atoms with E-state index in [4.69, 9.17) is 16.3 Å². The monoisotopic (exact) mass is 389 g/mol. The highest BCUT2D eigenvalue weighted by Crippen LogP contribution is 2.27. The SMILES string of the molecule is COc1ccc(NC(=O)CSc2nnc(-c3cccnc3)n2C)cc1Cl. The molecule has 1 amide bonds. The minimum Gasteiger partial charge on any atom is -0.495 e. The molecule has 0 aliphatic carbocycles. The second-order valence-corrected chi connectivity index (χ2v) is 6.64. The van der Waals surface area contributed by atoms with Crippen molar-refractivity contribution in [2.45, 2.75) is 5.16 Å². The molecule has 26 heavy (non-hydrogen) atoms. The van der Waals surface area contributed by atoms with Gasteiger partial charge in [0.25, 0.3) is 0 Å². The van der Waals surface area contributed by atoms with Gasteiger partial charge in [-0.3, -0.25) is 9.78 Å². The Morgan fingerprint density at radius 2 is 2.19 bits per heavy atom. The smallest absolute Gasteiger partial charge is 0.234 e. The molecule has 0 aliphatic rings. The third-order valence-corrected chi connectivity index (χ3v) is 4.84. The first-order chi connectivity index (χ1) is 12.6. The number of hydrogen-bond acceptors (Lipinski definition) is 6. The van der Waals surface area contributed by atoms with Crippen LogP contribution in [0.2, 0.25) is 5.02 Å². The molecule has 1 N–H and O–H groups in total. The first-order valence-electron chi connectivity index (χ1n) is 7.64. The Morgan fingerprint density at radius 1 is 1.35 bits per heavy atom. The van der Waals surface area contributed by atoms with Crippen molar-refractivity contribution in [3.63, 3.8) is 0 Å². The number of hydrogen-bond donors (Lipinski definition) is 1. The van der Waals surface area contributed by atoms with Crippen molar-refractivity contribution in [2.24, 2.45) is 7.05 Å². The second-order valence-electron chi connectivity index (χ2n) is 5.29. The summed E-state index contributed by atoms with van der Waals surface area (Å²) in [5.41, 5.74) is 1.47. The van der Waals surface area contributed by atoms with Crippen molar-refractivity contribution < 1.29 is 9.53 Å². The van der Waals surface area contributed by atoms with Gasteiger partial charge in [0.05, 0.1) is 17.9 Å². The Labute approximate surface area is 159 Å². The maximum absolute atomic E-state index is 12.2. The lowest BCUT2D eigenvalue weighted by atomic mass is 10.3. The van der Waals surface area contributed by atoms with Gasteiger partial charge in [0.15, 0.2) is 11.0 Å². The number of benzene rings is 1. The fourth-order valence-electron chi connectivity index (χ4n) is 2.26. The number of carbonyl (C=O) groups excluding carboxylic acids is 1. The molecule has 0 aliphatic heterocycles. The molecule has 0 unspecified atom stereocenters. The molecule has 3 aromatic rings. The van der Waals surface area contributed by atoms with E-state index in [1.54, 1.807) is 30.6 Å². The molecule has 2 aromatic heterocycles. The number of methoxy groups -OCH3 is 1. The third-order valence-electron chi connectivity index (χ3n) is 3.52. The summed E-state index contributed by atoms with van der Waals surface area (Å²) in [4.78, 5) is 16.2. The summed E-state index contributed by atoms with van der Waals surface area (Å²) < 4.78 is 6.92. The minimum absolute atomic E-state index is 0.165. The highest BCUT2D eigenvalue weighted by atomic mass is 35.5.